The highest BCUT2D eigenvalue weighted by molar-refractivity contribution is 5.78. The molecule has 0 fully saturated rings. The van der Waals surface area contributed by atoms with Gasteiger partial charge in [-0.15, -0.1) is 0 Å². The Kier molecular flexibility index (Phi) is 8.45. The first-order valence-corrected chi connectivity index (χ1v) is 6.58. The maximum atomic E-state index is 13.0. The summed E-state index contributed by atoms with van der Waals surface area (Å²) in [6, 6.07) is 0. The number of carbonyl (C=O) groups is 1. The van der Waals surface area contributed by atoms with Crippen molar-refractivity contribution in [3.8, 4) is 0 Å². The Hall–Kier alpha value is -1.85. The Morgan fingerprint density at radius 3 is 1.13 bits per heavy atom. The third-order valence-electron chi connectivity index (χ3n) is 3.05. The van der Waals surface area contributed by atoms with Crippen LogP contribution in [0.15, 0.2) is 12.7 Å². The predicted molar refractivity (Wildman–Crippen MR) is 66.4 cm³/mol. The Bertz CT molecular complexity index is 623. The lowest BCUT2D eigenvalue weighted by atomic mass is 9.89. The first kappa shape index (κ1) is 30.3. The van der Waals surface area contributed by atoms with E-state index in [9.17, 15) is 66.3 Å². The molecule has 30 heavy (non-hydrogen) atoms. The second-order valence-electron chi connectivity index (χ2n) is 5.30. The van der Waals surface area contributed by atoms with Gasteiger partial charge in [0.15, 0.2) is 0 Å². The van der Waals surface area contributed by atoms with Crippen LogP contribution in [0.4, 0.5) is 61.5 Å². The third kappa shape index (κ3) is 4.57. The van der Waals surface area contributed by atoms with Crippen LogP contribution in [-0.4, -0.2) is 69.0 Å². The van der Waals surface area contributed by atoms with Gasteiger partial charge in [0.25, 0.3) is 0 Å². The number of rotatable bonds is 8. The summed E-state index contributed by atoms with van der Waals surface area (Å²) in [6.45, 7) is 1.81. The Labute approximate surface area is 156 Å². The Morgan fingerprint density at radius 1 is 0.700 bits per heavy atom. The van der Waals surface area contributed by atoms with Crippen LogP contribution >= 0.6 is 0 Å². The van der Waals surface area contributed by atoms with E-state index in [4.69, 9.17) is 15.3 Å². The summed E-state index contributed by atoms with van der Waals surface area (Å²) in [7, 11) is 0. The number of aliphatic carboxylic acids is 1. The molecular formula is C12H10F14O4. The molecule has 0 aliphatic carbocycles. The van der Waals surface area contributed by atoms with Crippen LogP contribution in [0.1, 0.15) is 6.92 Å². The molecule has 0 rings (SSSR count). The zero-order valence-corrected chi connectivity index (χ0v) is 13.9. The summed E-state index contributed by atoms with van der Waals surface area (Å²) >= 11 is 0. The van der Waals surface area contributed by atoms with Gasteiger partial charge >= 0.3 is 47.4 Å². The maximum absolute atomic E-state index is 13.0. The van der Waals surface area contributed by atoms with Crippen molar-refractivity contribution in [3.63, 3.8) is 0 Å². The largest absolute Gasteiger partial charge is 0.478 e. The number of alkyl halides is 14. The van der Waals surface area contributed by atoms with Crippen LogP contribution in [0.3, 0.4) is 0 Å². The minimum absolute atomic E-state index is 0.833. The summed E-state index contributed by atoms with van der Waals surface area (Å²) in [5.41, 5.74) is 0. The minimum Gasteiger partial charge on any atom is -0.478 e. The van der Waals surface area contributed by atoms with Crippen molar-refractivity contribution in [1.82, 2.24) is 0 Å². The van der Waals surface area contributed by atoms with Crippen molar-refractivity contribution in [1.29, 1.82) is 0 Å². The van der Waals surface area contributed by atoms with E-state index in [-0.39, 0.29) is 0 Å². The van der Waals surface area contributed by atoms with E-state index < -0.39 is 60.6 Å². The van der Waals surface area contributed by atoms with Crippen molar-refractivity contribution in [2.24, 2.45) is 0 Å². The lowest BCUT2D eigenvalue weighted by Gasteiger charge is -2.42. The zero-order chi connectivity index (χ0) is 25.4. The van der Waals surface area contributed by atoms with Gasteiger partial charge < -0.3 is 15.3 Å². The lowest BCUT2D eigenvalue weighted by Crippen LogP contribution is -2.73. The van der Waals surface area contributed by atoms with Crippen LogP contribution in [0.25, 0.3) is 0 Å². The number of carboxylic acid groups (broad SMARTS) is 1. The first-order chi connectivity index (χ1) is 12.7. The lowest BCUT2D eigenvalue weighted by molar-refractivity contribution is -0.450. The van der Waals surface area contributed by atoms with Crippen LogP contribution in [-0.2, 0) is 4.79 Å². The molecule has 0 saturated heterocycles. The molecule has 18 heteroatoms. The van der Waals surface area contributed by atoms with E-state index in [2.05, 4.69) is 6.58 Å². The average molecular weight is 484 g/mol. The molecule has 180 valence electrons. The molecular weight excluding hydrogens is 474 g/mol. The molecule has 0 unspecified atom stereocenters. The molecule has 0 aliphatic rings. The van der Waals surface area contributed by atoms with Gasteiger partial charge in [-0.05, 0) is 0 Å². The molecule has 0 saturated carbocycles. The predicted octanol–water partition coefficient (Wildman–Crippen LogP) is 4.02. The number of carboxylic acids is 1. The summed E-state index contributed by atoms with van der Waals surface area (Å²) in [5.74, 6) is -53.6. The summed E-state index contributed by atoms with van der Waals surface area (Å²) in [4.78, 5) is 9.25. The molecule has 0 amide bonds. The van der Waals surface area contributed by atoms with E-state index in [0.717, 1.165) is 6.08 Å². The van der Waals surface area contributed by atoms with Crippen molar-refractivity contribution in [2.45, 2.75) is 54.7 Å². The van der Waals surface area contributed by atoms with Crippen molar-refractivity contribution in [3.05, 3.63) is 12.7 Å². The van der Waals surface area contributed by atoms with Crippen LogP contribution in [0, 0.1) is 0 Å². The van der Waals surface area contributed by atoms with E-state index >= 15 is 0 Å². The van der Waals surface area contributed by atoms with Gasteiger partial charge in [-0.2, -0.15) is 61.5 Å². The summed E-state index contributed by atoms with van der Waals surface area (Å²) < 4.78 is 179. The zero-order valence-electron chi connectivity index (χ0n) is 13.9. The molecule has 0 radical (unpaired) electrons. The molecule has 0 bridgehead atoms. The Balaban J connectivity index is 0. The van der Waals surface area contributed by atoms with E-state index in [1.165, 1.54) is 0 Å². The molecule has 4 nitrogen and oxygen atoms in total. The second-order valence-corrected chi connectivity index (χ2v) is 5.30. The molecule has 3 N–H and O–H groups in total. The molecule has 0 heterocycles. The fourth-order valence-electron chi connectivity index (χ4n) is 1.24. The van der Waals surface area contributed by atoms with Crippen molar-refractivity contribution < 1.29 is 81.6 Å². The van der Waals surface area contributed by atoms with Gasteiger partial charge in [0.2, 0.25) is 6.29 Å². The van der Waals surface area contributed by atoms with Gasteiger partial charge in [-0.3, -0.25) is 0 Å². The molecule has 0 atom stereocenters. The number of aliphatic hydroxyl groups excluding tert-OH is 1. The van der Waals surface area contributed by atoms with Crippen molar-refractivity contribution in [2.75, 3.05) is 0 Å². The van der Waals surface area contributed by atoms with Gasteiger partial charge in [-0.25, -0.2) is 4.79 Å². The highest BCUT2D eigenvalue weighted by Crippen LogP contribution is 2.62. The first-order valence-electron chi connectivity index (χ1n) is 6.58. The maximum Gasteiger partial charge on any atom is 0.384 e. The van der Waals surface area contributed by atoms with Crippen LogP contribution < -0.4 is 0 Å². The normalized spacial score (nSPS) is 14.9. The van der Waals surface area contributed by atoms with Gasteiger partial charge in [-0.1, -0.05) is 6.58 Å². The number of hydrogen-bond donors (Lipinski definition) is 3. The smallest absolute Gasteiger partial charge is 0.384 e. The number of aliphatic hydroxyl groups is 2. The molecule has 0 aromatic heterocycles. The minimum atomic E-state index is -8.19. The quantitative estimate of drug-likeness (QED) is 0.277. The fraction of sp³-hybridized carbons (Fsp3) is 0.750. The number of hydrogen-bond acceptors (Lipinski definition) is 3. The SMILES string of the molecule is C=CC(=O)O.CC(F)(F)C(F)(F)C(F)(F)C(F)(F)C(F)(F)C(F)(F)C(F)(F)C(O)O. The van der Waals surface area contributed by atoms with E-state index in [1.807, 2.05) is 0 Å². The molecule has 0 spiro atoms. The third-order valence-corrected chi connectivity index (χ3v) is 3.05. The topological polar surface area (TPSA) is 77.8 Å². The van der Waals surface area contributed by atoms with E-state index in [1.54, 1.807) is 0 Å². The van der Waals surface area contributed by atoms with E-state index in [0.29, 0.717) is 0 Å². The Morgan fingerprint density at radius 2 is 0.933 bits per heavy atom. The second kappa shape index (κ2) is 8.35. The summed E-state index contributed by atoms with van der Waals surface area (Å²) in [6.07, 6.45) is -3.99. The van der Waals surface area contributed by atoms with Gasteiger partial charge in [0, 0.05) is 13.0 Å². The standard InChI is InChI=1S/C9H6F14O2.C3H4O2/c1-3(10,11)5(14,15)7(18,19)9(22,23)8(20,21)6(16,17)4(12,13)2(24)25;1-2-3(4)5/h2,24-25H,1H3;2H,1H2,(H,4,5). The fourth-order valence-corrected chi connectivity index (χ4v) is 1.24. The van der Waals surface area contributed by atoms with Crippen LogP contribution in [0.5, 0.6) is 0 Å². The molecule has 0 aliphatic heterocycles. The van der Waals surface area contributed by atoms with Gasteiger partial charge in [0.05, 0.1) is 0 Å². The highest BCUT2D eigenvalue weighted by atomic mass is 19.4. The highest BCUT2D eigenvalue weighted by Gasteiger charge is 2.92. The monoisotopic (exact) mass is 484 g/mol. The summed E-state index contributed by atoms with van der Waals surface area (Å²) in [5, 5.41) is 23.3. The molecule has 0 aromatic carbocycles. The van der Waals surface area contributed by atoms with Gasteiger partial charge in [0.1, 0.15) is 0 Å². The van der Waals surface area contributed by atoms with Crippen LogP contribution in [0.2, 0.25) is 0 Å². The van der Waals surface area contributed by atoms with Crippen molar-refractivity contribution >= 4 is 5.97 Å². The average Bonchev–Trinajstić information content (AvgIpc) is 2.52. The molecule has 0 aromatic rings. The number of halogens is 14.